The van der Waals surface area contributed by atoms with Gasteiger partial charge in [-0.15, -0.1) is 0 Å². The van der Waals surface area contributed by atoms with Gasteiger partial charge in [-0.3, -0.25) is 4.79 Å². The van der Waals surface area contributed by atoms with Crippen LogP contribution in [0.5, 0.6) is 0 Å². The molecule has 1 aromatic rings. The lowest BCUT2D eigenvalue weighted by atomic mass is 10.3. The summed E-state index contributed by atoms with van der Waals surface area (Å²) in [6.07, 6.45) is 1.71. The normalized spacial score (nSPS) is 11.6. The van der Waals surface area contributed by atoms with Gasteiger partial charge in [0.05, 0.1) is 4.90 Å². The number of carbonyl (C=O) groups is 1. The number of unbranched alkanes of at least 4 members (excludes halogenated alkanes) is 1. The van der Waals surface area contributed by atoms with Crippen molar-refractivity contribution < 1.29 is 13.2 Å². The van der Waals surface area contributed by atoms with Gasteiger partial charge in [-0.2, -0.15) is 4.31 Å². The zero-order chi connectivity index (χ0) is 15.9. The number of benzene rings is 1. The molecule has 0 aromatic heterocycles. The average Bonchev–Trinajstić information content (AvgIpc) is 2.43. The van der Waals surface area contributed by atoms with Crippen LogP contribution in [-0.4, -0.2) is 38.3 Å². The van der Waals surface area contributed by atoms with Crippen molar-refractivity contribution in [3.8, 4) is 0 Å². The zero-order valence-corrected chi connectivity index (χ0v) is 13.3. The van der Waals surface area contributed by atoms with Gasteiger partial charge in [0, 0.05) is 32.2 Å². The summed E-state index contributed by atoms with van der Waals surface area (Å²) >= 11 is 0. The molecule has 21 heavy (non-hydrogen) atoms. The van der Waals surface area contributed by atoms with Crippen LogP contribution in [0.1, 0.15) is 26.7 Å². The third-order valence-corrected chi connectivity index (χ3v) is 4.86. The van der Waals surface area contributed by atoms with Crippen molar-refractivity contribution in [1.29, 1.82) is 0 Å². The quantitative estimate of drug-likeness (QED) is 0.758. The van der Waals surface area contributed by atoms with Crippen molar-refractivity contribution in [1.82, 2.24) is 4.31 Å². The second-order valence-corrected chi connectivity index (χ2v) is 6.69. The maximum absolute atomic E-state index is 12.5. The third kappa shape index (κ3) is 5.11. The van der Waals surface area contributed by atoms with Gasteiger partial charge in [0.15, 0.2) is 0 Å². The Hall–Kier alpha value is -1.44. The Balaban J connectivity index is 2.95. The first-order valence-corrected chi connectivity index (χ1v) is 8.43. The summed E-state index contributed by atoms with van der Waals surface area (Å²) in [6.45, 7) is 4.46. The van der Waals surface area contributed by atoms with Crippen LogP contribution in [0.15, 0.2) is 29.2 Å². The lowest BCUT2D eigenvalue weighted by Gasteiger charge is -2.21. The lowest BCUT2D eigenvalue weighted by Crippen LogP contribution is -2.36. The molecule has 1 aromatic carbocycles. The Labute approximate surface area is 126 Å². The first-order valence-electron chi connectivity index (χ1n) is 6.99. The largest absolute Gasteiger partial charge is 0.329 e. The Morgan fingerprint density at radius 2 is 1.86 bits per heavy atom. The minimum absolute atomic E-state index is 0.196. The van der Waals surface area contributed by atoms with Gasteiger partial charge in [0.1, 0.15) is 0 Å². The summed E-state index contributed by atoms with van der Waals surface area (Å²) in [7, 11) is -3.54. The lowest BCUT2D eigenvalue weighted by molar-refractivity contribution is -0.114. The standard InChI is InChI=1S/C14H23N3O3S/c1-3-4-10-17(11-9-15)21(19,20)14-7-5-13(6-8-14)16-12(2)18/h5-8H,3-4,9-11,15H2,1-2H3,(H,16,18). The summed E-state index contributed by atoms with van der Waals surface area (Å²) in [6, 6.07) is 6.15. The van der Waals surface area contributed by atoms with Crippen molar-refractivity contribution in [2.45, 2.75) is 31.6 Å². The molecule has 0 heterocycles. The molecule has 3 N–H and O–H groups in total. The molecule has 0 saturated carbocycles. The summed E-state index contributed by atoms with van der Waals surface area (Å²) in [5.74, 6) is -0.196. The summed E-state index contributed by atoms with van der Waals surface area (Å²) in [5.41, 5.74) is 6.07. The second kappa shape index (κ2) is 8.11. The van der Waals surface area contributed by atoms with Gasteiger partial charge in [-0.1, -0.05) is 13.3 Å². The van der Waals surface area contributed by atoms with Gasteiger partial charge >= 0.3 is 0 Å². The molecule has 0 unspecified atom stereocenters. The van der Waals surface area contributed by atoms with E-state index in [2.05, 4.69) is 5.32 Å². The summed E-state index contributed by atoms with van der Waals surface area (Å²) in [4.78, 5) is 11.2. The fraction of sp³-hybridized carbons (Fsp3) is 0.500. The molecule has 1 amide bonds. The smallest absolute Gasteiger partial charge is 0.243 e. The highest BCUT2D eigenvalue weighted by Crippen LogP contribution is 2.18. The van der Waals surface area contributed by atoms with Crippen LogP contribution >= 0.6 is 0 Å². The van der Waals surface area contributed by atoms with Crippen LogP contribution in [0.25, 0.3) is 0 Å². The van der Waals surface area contributed by atoms with E-state index in [-0.39, 0.29) is 17.3 Å². The van der Waals surface area contributed by atoms with Crippen LogP contribution in [0.3, 0.4) is 0 Å². The van der Waals surface area contributed by atoms with E-state index in [9.17, 15) is 13.2 Å². The molecule has 0 aliphatic carbocycles. The Bertz CT molecular complexity index is 555. The maximum Gasteiger partial charge on any atom is 0.243 e. The molecule has 0 aliphatic heterocycles. The minimum atomic E-state index is -3.54. The van der Waals surface area contributed by atoms with Crippen LogP contribution < -0.4 is 11.1 Å². The van der Waals surface area contributed by atoms with E-state index in [1.54, 1.807) is 12.1 Å². The molecule has 0 radical (unpaired) electrons. The highest BCUT2D eigenvalue weighted by Gasteiger charge is 2.23. The van der Waals surface area contributed by atoms with Gasteiger partial charge < -0.3 is 11.1 Å². The molecule has 1 rings (SSSR count). The predicted octanol–water partition coefficient (Wildman–Crippen LogP) is 1.39. The van der Waals surface area contributed by atoms with Crippen molar-refractivity contribution in [2.24, 2.45) is 5.73 Å². The Morgan fingerprint density at radius 3 is 2.33 bits per heavy atom. The summed E-state index contributed by atoms with van der Waals surface area (Å²) < 4.78 is 26.5. The first kappa shape index (κ1) is 17.6. The Kier molecular flexibility index (Phi) is 6.80. The van der Waals surface area contributed by atoms with Crippen LogP contribution in [0, 0.1) is 0 Å². The molecule has 0 aliphatic rings. The van der Waals surface area contributed by atoms with Crippen molar-refractivity contribution in [3.05, 3.63) is 24.3 Å². The second-order valence-electron chi connectivity index (χ2n) is 4.75. The van der Waals surface area contributed by atoms with Gasteiger partial charge in [-0.25, -0.2) is 8.42 Å². The molecule has 0 fully saturated rings. The molecule has 0 saturated heterocycles. The van der Waals surface area contributed by atoms with Crippen LogP contribution in [0.2, 0.25) is 0 Å². The molecule has 0 atom stereocenters. The topological polar surface area (TPSA) is 92.5 Å². The molecular weight excluding hydrogens is 290 g/mol. The SMILES string of the molecule is CCCCN(CCN)S(=O)(=O)c1ccc(NC(C)=O)cc1. The molecular formula is C14H23N3O3S. The molecule has 6 nitrogen and oxygen atoms in total. The van der Waals surface area contributed by atoms with E-state index in [1.165, 1.54) is 23.4 Å². The predicted molar refractivity (Wildman–Crippen MR) is 83.5 cm³/mol. The number of nitrogens with two attached hydrogens (primary N) is 1. The fourth-order valence-corrected chi connectivity index (χ4v) is 3.39. The van der Waals surface area contributed by atoms with Crippen molar-refractivity contribution in [2.75, 3.05) is 25.0 Å². The van der Waals surface area contributed by atoms with Gasteiger partial charge in [0.25, 0.3) is 0 Å². The number of hydrogen-bond donors (Lipinski definition) is 2. The van der Waals surface area contributed by atoms with E-state index in [0.717, 1.165) is 12.8 Å². The van der Waals surface area contributed by atoms with Crippen molar-refractivity contribution in [3.63, 3.8) is 0 Å². The highest BCUT2D eigenvalue weighted by molar-refractivity contribution is 7.89. The maximum atomic E-state index is 12.5. The number of amides is 1. The number of nitrogens with zero attached hydrogens (tertiary/aromatic N) is 1. The van der Waals surface area contributed by atoms with E-state index in [1.807, 2.05) is 6.92 Å². The van der Waals surface area contributed by atoms with Crippen LogP contribution in [0.4, 0.5) is 5.69 Å². The van der Waals surface area contributed by atoms with Gasteiger partial charge in [-0.05, 0) is 30.7 Å². The average molecular weight is 313 g/mol. The Morgan fingerprint density at radius 1 is 1.24 bits per heavy atom. The molecule has 118 valence electrons. The number of hydrogen-bond acceptors (Lipinski definition) is 4. The van der Waals surface area contributed by atoms with E-state index in [0.29, 0.717) is 18.8 Å². The number of rotatable bonds is 8. The number of anilines is 1. The van der Waals surface area contributed by atoms with Gasteiger partial charge in [0.2, 0.25) is 15.9 Å². The van der Waals surface area contributed by atoms with E-state index in [4.69, 9.17) is 5.73 Å². The minimum Gasteiger partial charge on any atom is -0.329 e. The fourth-order valence-electron chi connectivity index (χ4n) is 1.89. The third-order valence-electron chi connectivity index (χ3n) is 2.95. The van der Waals surface area contributed by atoms with Crippen molar-refractivity contribution >= 4 is 21.6 Å². The van der Waals surface area contributed by atoms with E-state index >= 15 is 0 Å². The molecule has 0 bridgehead atoms. The first-order chi connectivity index (χ1) is 9.91. The number of carbonyl (C=O) groups excluding carboxylic acids is 1. The molecule has 0 spiro atoms. The van der Waals surface area contributed by atoms with Crippen LogP contribution in [-0.2, 0) is 14.8 Å². The van der Waals surface area contributed by atoms with E-state index < -0.39 is 10.0 Å². The molecule has 7 heteroatoms. The highest BCUT2D eigenvalue weighted by atomic mass is 32.2. The summed E-state index contributed by atoms with van der Waals surface area (Å²) in [5, 5.41) is 2.60. The number of nitrogens with one attached hydrogen (secondary N) is 1. The zero-order valence-electron chi connectivity index (χ0n) is 12.5. The monoisotopic (exact) mass is 313 g/mol. The number of sulfonamides is 1.